The molecule has 0 saturated carbocycles. The van der Waals surface area contributed by atoms with Crippen LogP contribution in [0.25, 0.3) is 16.6 Å². The Labute approximate surface area is 182 Å². The number of benzene rings is 2. The van der Waals surface area contributed by atoms with E-state index in [9.17, 15) is 14.7 Å². The summed E-state index contributed by atoms with van der Waals surface area (Å²) in [5.41, 5.74) is 1.90. The molecule has 5 rings (SSSR count). The van der Waals surface area contributed by atoms with E-state index < -0.39 is 23.2 Å². The van der Waals surface area contributed by atoms with Gasteiger partial charge >= 0.3 is 5.69 Å². The van der Waals surface area contributed by atoms with Crippen LogP contribution in [0.5, 0.6) is 17.4 Å². The number of para-hydroxylation sites is 2. The molecular weight excluding hydrogens is 412 g/mol. The first-order valence-corrected chi connectivity index (χ1v) is 10.3. The van der Waals surface area contributed by atoms with Crippen LogP contribution in [0.1, 0.15) is 22.9 Å². The highest BCUT2D eigenvalue weighted by atomic mass is 16.5. The first-order valence-electron chi connectivity index (χ1n) is 10.3. The van der Waals surface area contributed by atoms with Crippen LogP contribution in [0.2, 0.25) is 0 Å². The first-order chi connectivity index (χ1) is 15.5. The maximum absolute atomic E-state index is 12.9. The maximum atomic E-state index is 12.9. The zero-order valence-electron chi connectivity index (χ0n) is 17.6. The van der Waals surface area contributed by atoms with Crippen molar-refractivity contribution >= 4 is 10.9 Å². The lowest BCUT2D eigenvalue weighted by Gasteiger charge is -2.22. The van der Waals surface area contributed by atoms with Gasteiger partial charge in [-0.1, -0.05) is 12.1 Å². The number of fused-ring (bicyclic) bond motifs is 3. The van der Waals surface area contributed by atoms with Gasteiger partial charge in [-0.15, -0.1) is 0 Å². The van der Waals surface area contributed by atoms with Crippen molar-refractivity contribution in [1.29, 1.82) is 0 Å². The van der Waals surface area contributed by atoms with Crippen LogP contribution in [0, 0.1) is 0 Å². The van der Waals surface area contributed by atoms with Gasteiger partial charge in [0.1, 0.15) is 17.1 Å². The number of quaternary nitrogens is 1. The van der Waals surface area contributed by atoms with Gasteiger partial charge in [0.2, 0.25) is 5.88 Å². The summed E-state index contributed by atoms with van der Waals surface area (Å²) in [7, 11) is 3.10. The molecule has 0 amide bonds. The SMILES string of the molecule is COc1ccc2[nH]c3c(c2c1)CC[NH2+][C@@H]3c1c(O)n(-c2ccccc2OC)c(=O)[nH]c1=O. The normalized spacial score (nSPS) is 15.5. The van der Waals surface area contributed by atoms with Crippen LogP contribution in [-0.2, 0) is 6.42 Å². The zero-order chi connectivity index (χ0) is 22.4. The molecule has 0 saturated heterocycles. The molecule has 2 aromatic carbocycles. The third kappa shape index (κ3) is 2.97. The molecule has 164 valence electrons. The van der Waals surface area contributed by atoms with Crippen molar-refractivity contribution in [2.24, 2.45) is 0 Å². The Balaban J connectivity index is 1.74. The van der Waals surface area contributed by atoms with Crippen LogP contribution in [0.3, 0.4) is 0 Å². The summed E-state index contributed by atoms with van der Waals surface area (Å²) >= 11 is 0. The van der Waals surface area contributed by atoms with Crippen LogP contribution in [0.15, 0.2) is 52.1 Å². The van der Waals surface area contributed by atoms with Crippen LogP contribution < -0.4 is 26.0 Å². The van der Waals surface area contributed by atoms with E-state index in [0.29, 0.717) is 18.0 Å². The molecule has 9 heteroatoms. The van der Waals surface area contributed by atoms with Crippen LogP contribution in [0.4, 0.5) is 0 Å². The fourth-order valence-corrected chi connectivity index (χ4v) is 4.54. The second-order valence-corrected chi connectivity index (χ2v) is 7.68. The smallest absolute Gasteiger partial charge is 0.335 e. The van der Waals surface area contributed by atoms with Gasteiger partial charge in [-0.25, -0.2) is 9.36 Å². The zero-order valence-corrected chi connectivity index (χ0v) is 17.6. The molecule has 2 aromatic heterocycles. The molecule has 0 fully saturated rings. The molecule has 3 heterocycles. The summed E-state index contributed by atoms with van der Waals surface area (Å²) in [4.78, 5) is 31.4. The molecule has 1 atom stereocenters. The first kappa shape index (κ1) is 20.0. The minimum Gasteiger partial charge on any atom is -0.497 e. The third-order valence-electron chi connectivity index (χ3n) is 6.01. The van der Waals surface area contributed by atoms with Gasteiger partial charge < -0.3 is 24.9 Å². The van der Waals surface area contributed by atoms with E-state index in [2.05, 4.69) is 9.97 Å². The van der Waals surface area contributed by atoms with Gasteiger partial charge in [-0.2, -0.15) is 0 Å². The summed E-state index contributed by atoms with van der Waals surface area (Å²) in [6, 6.07) is 12.1. The lowest BCUT2D eigenvalue weighted by atomic mass is 9.95. The second-order valence-electron chi connectivity index (χ2n) is 7.68. The number of hydrogen-bond acceptors (Lipinski definition) is 5. The third-order valence-corrected chi connectivity index (χ3v) is 6.01. The molecule has 4 aromatic rings. The number of nitrogens with two attached hydrogens (primary N) is 1. The van der Waals surface area contributed by atoms with Crippen molar-refractivity contribution in [2.75, 3.05) is 20.8 Å². The Morgan fingerprint density at radius 2 is 1.91 bits per heavy atom. The standard InChI is InChI=1S/C23H22N4O5/c1-31-12-7-8-15-14(11-12)13-9-10-24-20(19(13)25-15)18-21(28)26-23(30)27(22(18)29)16-5-3-4-6-17(16)32-2/h3-8,11,20,24-25,29H,9-10H2,1-2H3,(H,26,28,30)/p+1/t20-/m1/s1. The van der Waals surface area contributed by atoms with E-state index >= 15 is 0 Å². The Hall–Kier alpha value is -3.98. The van der Waals surface area contributed by atoms with E-state index in [1.165, 1.54) is 7.11 Å². The number of H-pyrrole nitrogens is 2. The van der Waals surface area contributed by atoms with E-state index in [-0.39, 0.29) is 5.56 Å². The monoisotopic (exact) mass is 435 g/mol. The lowest BCUT2D eigenvalue weighted by molar-refractivity contribution is -0.690. The van der Waals surface area contributed by atoms with Gasteiger partial charge in [0.05, 0.1) is 32.1 Å². The fourth-order valence-electron chi connectivity index (χ4n) is 4.54. The van der Waals surface area contributed by atoms with Gasteiger partial charge in [0.25, 0.3) is 5.56 Å². The van der Waals surface area contributed by atoms with E-state index in [1.54, 1.807) is 31.4 Å². The number of hydrogen-bond donors (Lipinski definition) is 4. The number of aromatic hydroxyl groups is 1. The molecule has 1 aliphatic heterocycles. The highest BCUT2D eigenvalue weighted by Gasteiger charge is 2.34. The number of aromatic amines is 2. The topological polar surface area (TPSA) is 126 Å². The second kappa shape index (κ2) is 7.61. The molecule has 32 heavy (non-hydrogen) atoms. The highest BCUT2D eigenvalue weighted by molar-refractivity contribution is 5.86. The molecular formula is C23H23N4O5+. The molecule has 0 radical (unpaired) electrons. The quantitative estimate of drug-likeness (QED) is 0.380. The maximum Gasteiger partial charge on any atom is 0.335 e. The van der Waals surface area contributed by atoms with Gasteiger partial charge in [0, 0.05) is 17.3 Å². The van der Waals surface area contributed by atoms with E-state index in [4.69, 9.17) is 9.47 Å². The molecule has 5 N–H and O–H groups in total. The van der Waals surface area contributed by atoms with Crippen LogP contribution in [-0.4, -0.2) is 40.4 Å². The van der Waals surface area contributed by atoms with Crippen molar-refractivity contribution in [3.63, 3.8) is 0 Å². The van der Waals surface area contributed by atoms with Crippen molar-refractivity contribution in [3.8, 4) is 23.1 Å². The molecule has 0 bridgehead atoms. The predicted molar refractivity (Wildman–Crippen MR) is 118 cm³/mol. The average molecular weight is 435 g/mol. The summed E-state index contributed by atoms with van der Waals surface area (Å²) in [6.45, 7) is 0.717. The molecule has 0 unspecified atom stereocenters. The number of ether oxygens (including phenoxy) is 2. The summed E-state index contributed by atoms with van der Waals surface area (Å²) < 4.78 is 11.8. The predicted octanol–water partition coefficient (Wildman–Crippen LogP) is 0.939. The Kier molecular flexibility index (Phi) is 4.75. The Morgan fingerprint density at radius 1 is 1.09 bits per heavy atom. The van der Waals surface area contributed by atoms with Crippen molar-refractivity contribution in [3.05, 3.63) is 80.1 Å². The summed E-state index contributed by atoms with van der Waals surface area (Å²) in [6.07, 6.45) is 0.795. The fraction of sp³-hybridized carbons (Fsp3) is 0.217. The van der Waals surface area contributed by atoms with E-state index in [1.807, 2.05) is 23.5 Å². The van der Waals surface area contributed by atoms with Crippen molar-refractivity contribution in [2.45, 2.75) is 12.5 Å². The van der Waals surface area contributed by atoms with Gasteiger partial charge in [-0.3, -0.25) is 9.78 Å². The Bertz CT molecular complexity index is 1450. The number of methoxy groups -OCH3 is 2. The number of rotatable bonds is 4. The van der Waals surface area contributed by atoms with Gasteiger partial charge in [0.15, 0.2) is 6.04 Å². The highest BCUT2D eigenvalue weighted by Crippen LogP contribution is 2.34. The van der Waals surface area contributed by atoms with E-state index in [0.717, 1.165) is 38.9 Å². The summed E-state index contributed by atoms with van der Waals surface area (Å²) in [5.74, 6) is 0.735. The molecule has 9 nitrogen and oxygen atoms in total. The molecule has 0 aliphatic carbocycles. The van der Waals surface area contributed by atoms with Gasteiger partial charge in [-0.05, 0) is 35.9 Å². The van der Waals surface area contributed by atoms with Crippen molar-refractivity contribution < 1.29 is 19.9 Å². The average Bonchev–Trinajstić information content (AvgIpc) is 3.17. The summed E-state index contributed by atoms with van der Waals surface area (Å²) in [5, 5.41) is 14.2. The minimum absolute atomic E-state index is 0.106. The van der Waals surface area contributed by atoms with Crippen molar-refractivity contribution in [1.82, 2.24) is 14.5 Å². The number of aromatic nitrogens is 3. The largest absolute Gasteiger partial charge is 0.497 e. The number of nitrogens with zero attached hydrogens (tertiary/aromatic N) is 1. The Morgan fingerprint density at radius 3 is 2.69 bits per heavy atom. The number of nitrogens with one attached hydrogen (secondary N) is 2. The minimum atomic E-state index is -0.738. The molecule has 0 spiro atoms. The lowest BCUT2D eigenvalue weighted by Crippen LogP contribution is -2.87. The van der Waals surface area contributed by atoms with Crippen LogP contribution >= 0.6 is 0 Å². The molecule has 1 aliphatic rings.